The lowest BCUT2D eigenvalue weighted by Crippen LogP contribution is -2.29. The van der Waals surface area contributed by atoms with Crippen molar-refractivity contribution in [3.63, 3.8) is 0 Å². The zero-order valence-electron chi connectivity index (χ0n) is 12.8. The van der Waals surface area contributed by atoms with Gasteiger partial charge in [-0.1, -0.05) is 31.5 Å². The average Bonchev–Trinajstić information content (AvgIpc) is 2.48. The van der Waals surface area contributed by atoms with Crippen LogP contribution in [0.4, 0.5) is 0 Å². The second-order valence-electron chi connectivity index (χ2n) is 5.00. The minimum atomic E-state index is 0.0826. The molecule has 4 heteroatoms. The molecule has 1 N–H and O–H groups in total. The summed E-state index contributed by atoms with van der Waals surface area (Å²) in [7, 11) is 3.70. The summed E-state index contributed by atoms with van der Waals surface area (Å²) in [6.07, 6.45) is 2.90. The topological polar surface area (TPSA) is 41.6 Å². The van der Waals surface area contributed by atoms with Gasteiger partial charge in [-0.25, -0.2) is 0 Å². The second-order valence-corrected chi connectivity index (χ2v) is 5.00. The molecule has 0 aromatic heterocycles. The van der Waals surface area contributed by atoms with Crippen LogP contribution < -0.4 is 10.1 Å². The largest absolute Gasteiger partial charge is 0.496 e. The molecule has 0 fully saturated rings. The van der Waals surface area contributed by atoms with Crippen molar-refractivity contribution in [2.45, 2.75) is 32.7 Å². The minimum absolute atomic E-state index is 0.0826. The van der Waals surface area contributed by atoms with Crippen molar-refractivity contribution in [3.8, 4) is 5.75 Å². The standard InChI is InChI=1S/C16H26N2O2/c1-4-5-11-18(2)12-10-16(19)17-13-14-8-6-7-9-15(14)20-3/h6-9H,4-5,10-13H2,1-3H3,(H,17,19). The van der Waals surface area contributed by atoms with Gasteiger partial charge in [-0.3, -0.25) is 4.79 Å². The van der Waals surface area contributed by atoms with E-state index in [-0.39, 0.29) is 5.91 Å². The Morgan fingerprint density at radius 1 is 1.30 bits per heavy atom. The van der Waals surface area contributed by atoms with E-state index in [1.165, 1.54) is 12.8 Å². The lowest BCUT2D eigenvalue weighted by Gasteiger charge is -2.15. The zero-order valence-corrected chi connectivity index (χ0v) is 12.8. The summed E-state index contributed by atoms with van der Waals surface area (Å²) in [4.78, 5) is 14.0. The Bertz CT molecular complexity index is 407. The van der Waals surface area contributed by atoms with Crippen molar-refractivity contribution in [2.75, 3.05) is 27.2 Å². The number of nitrogens with one attached hydrogen (secondary N) is 1. The van der Waals surface area contributed by atoms with Crippen LogP contribution in [0.25, 0.3) is 0 Å². The number of rotatable bonds is 9. The number of para-hydroxylation sites is 1. The first-order valence-electron chi connectivity index (χ1n) is 7.24. The lowest BCUT2D eigenvalue weighted by atomic mass is 10.2. The highest BCUT2D eigenvalue weighted by atomic mass is 16.5. The van der Waals surface area contributed by atoms with Crippen molar-refractivity contribution in [2.24, 2.45) is 0 Å². The van der Waals surface area contributed by atoms with Gasteiger partial charge in [-0.15, -0.1) is 0 Å². The van der Waals surface area contributed by atoms with Gasteiger partial charge in [-0.05, 0) is 26.1 Å². The fraction of sp³-hybridized carbons (Fsp3) is 0.562. The Labute approximate surface area is 122 Å². The highest BCUT2D eigenvalue weighted by molar-refractivity contribution is 5.76. The number of carbonyl (C=O) groups is 1. The van der Waals surface area contributed by atoms with E-state index in [1.807, 2.05) is 24.3 Å². The fourth-order valence-corrected chi connectivity index (χ4v) is 1.96. The van der Waals surface area contributed by atoms with Crippen molar-refractivity contribution in [1.82, 2.24) is 10.2 Å². The molecule has 1 aromatic rings. The number of hydrogen-bond donors (Lipinski definition) is 1. The average molecular weight is 278 g/mol. The molecule has 0 saturated heterocycles. The molecule has 0 bridgehead atoms. The van der Waals surface area contributed by atoms with E-state index in [2.05, 4.69) is 24.2 Å². The van der Waals surface area contributed by atoms with E-state index >= 15 is 0 Å². The fourth-order valence-electron chi connectivity index (χ4n) is 1.96. The number of amides is 1. The van der Waals surface area contributed by atoms with Crippen LogP contribution in [0.1, 0.15) is 31.7 Å². The number of methoxy groups -OCH3 is 1. The molecule has 0 aliphatic rings. The monoisotopic (exact) mass is 278 g/mol. The number of carbonyl (C=O) groups excluding carboxylic acids is 1. The second kappa shape index (κ2) is 9.37. The molecule has 1 rings (SSSR count). The number of benzene rings is 1. The van der Waals surface area contributed by atoms with Crippen molar-refractivity contribution in [1.29, 1.82) is 0 Å². The van der Waals surface area contributed by atoms with E-state index in [0.717, 1.165) is 24.4 Å². The molecule has 1 amide bonds. The van der Waals surface area contributed by atoms with Crippen LogP contribution in [0.2, 0.25) is 0 Å². The van der Waals surface area contributed by atoms with Gasteiger partial charge in [0.1, 0.15) is 5.75 Å². The first-order chi connectivity index (χ1) is 9.67. The highest BCUT2D eigenvalue weighted by Gasteiger charge is 2.06. The molecular formula is C16H26N2O2. The molecule has 20 heavy (non-hydrogen) atoms. The van der Waals surface area contributed by atoms with Gasteiger partial charge in [0.2, 0.25) is 5.91 Å². The normalized spacial score (nSPS) is 10.6. The van der Waals surface area contributed by atoms with Gasteiger partial charge in [0.05, 0.1) is 7.11 Å². The van der Waals surface area contributed by atoms with Crippen LogP contribution in [0, 0.1) is 0 Å². The van der Waals surface area contributed by atoms with Crippen LogP contribution >= 0.6 is 0 Å². The summed E-state index contributed by atoms with van der Waals surface area (Å²) >= 11 is 0. The number of unbranched alkanes of at least 4 members (excludes halogenated alkanes) is 1. The number of ether oxygens (including phenoxy) is 1. The summed E-state index contributed by atoms with van der Waals surface area (Å²) in [5.41, 5.74) is 1.00. The Balaban J connectivity index is 2.29. The molecule has 0 spiro atoms. The Kier molecular flexibility index (Phi) is 7.73. The van der Waals surface area contributed by atoms with Crippen molar-refractivity contribution in [3.05, 3.63) is 29.8 Å². The molecule has 0 aliphatic heterocycles. The third-order valence-electron chi connectivity index (χ3n) is 3.28. The molecular weight excluding hydrogens is 252 g/mol. The van der Waals surface area contributed by atoms with E-state index in [9.17, 15) is 4.79 Å². The van der Waals surface area contributed by atoms with Crippen molar-refractivity contribution < 1.29 is 9.53 Å². The smallest absolute Gasteiger partial charge is 0.221 e. The highest BCUT2D eigenvalue weighted by Crippen LogP contribution is 2.16. The maximum Gasteiger partial charge on any atom is 0.221 e. The Morgan fingerprint density at radius 3 is 2.75 bits per heavy atom. The van der Waals surface area contributed by atoms with Gasteiger partial charge in [0.15, 0.2) is 0 Å². The molecule has 0 saturated carbocycles. The summed E-state index contributed by atoms with van der Waals surface area (Å²) in [6, 6.07) is 7.74. The predicted molar refractivity (Wildman–Crippen MR) is 81.9 cm³/mol. The van der Waals surface area contributed by atoms with E-state index in [4.69, 9.17) is 4.74 Å². The van der Waals surface area contributed by atoms with Gasteiger partial charge >= 0.3 is 0 Å². The van der Waals surface area contributed by atoms with E-state index in [1.54, 1.807) is 7.11 Å². The quantitative estimate of drug-likeness (QED) is 0.754. The van der Waals surface area contributed by atoms with Gasteiger partial charge < -0.3 is 15.0 Å². The lowest BCUT2D eigenvalue weighted by molar-refractivity contribution is -0.121. The Morgan fingerprint density at radius 2 is 2.05 bits per heavy atom. The summed E-state index contributed by atoms with van der Waals surface area (Å²) < 4.78 is 5.26. The van der Waals surface area contributed by atoms with Crippen LogP contribution in [-0.2, 0) is 11.3 Å². The molecule has 4 nitrogen and oxygen atoms in total. The summed E-state index contributed by atoms with van der Waals surface area (Å²) in [5, 5.41) is 2.94. The number of nitrogens with zero attached hydrogens (tertiary/aromatic N) is 1. The van der Waals surface area contributed by atoms with Crippen LogP contribution in [0.15, 0.2) is 24.3 Å². The molecule has 0 aliphatic carbocycles. The first kappa shape index (κ1) is 16.5. The van der Waals surface area contributed by atoms with Gasteiger partial charge in [0, 0.05) is 25.1 Å². The van der Waals surface area contributed by atoms with Crippen LogP contribution in [0.5, 0.6) is 5.75 Å². The van der Waals surface area contributed by atoms with E-state index < -0.39 is 0 Å². The first-order valence-corrected chi connectivity index (χ1v) is 7.24. The molecule has 1 aromatic carbocycles. The third-order valence-corrected chi connectivity index (χ3v) is 3.28. The van der Waals surface area contributed by atoms with Gasteiger partial charge in [0.25, 0.3) is 0 Å². The minimum Gasteiger partial charge on any atom is -0.496 e. The van der Waals surface area contributed by atoms with Crippen molar-refractivity contribution >= 4 is 5.91 Å². The predicted octanol–water partition coefficient (Wildman–Crippen LogP) is 2.43. The maximum atomic E-state index is 11.8. The Hall–Kier alpha value is -1.55. The number of hydrogen-bond acceptors (Lipinski definition) is 3. The third kappa shape index (κ3) is 6.06. The SMILES string of the molecule is CCCCN(C)CCC(=O)NCc1ccccc1OC. The maximum absolute atomic E-state index is 11.8. The summed E-state index contributed by atoms with van der Waals surface area (Å²) in [6.45, 7) is 4.55. The molecule has 0 heterocycles. The molecule has 0 radical (unpaired) electrons. The zero-order chi connectivity index (χ0) is 14.8. The molecule has 112 valence electrons. The summed E-state index contributed by atoms with van der Waals surface area (Å²) in [5.74, 6) is 0.895. The molecule has 0 unspecified atom stereocenters. The molecule has 0 atom stereocenters. The van der Waals surface area contributed by atoms with Gasteiger partial charge in [-0.2, -0.15) is 0 Å². The van der Waals surface area contributed by atoms with Crippen LogP contribution in [-0.4, -0.2) is 38.1 Å². The van der Waals surface area contributed by atoms with Crippen LogP contribution in [0.3, 0.4) is 0 Å². The van der Waals surface area contributed by atoms with E-state index in [0.29, 0.717) is 13.0 Å².